The zero-order valence-corrected chi connectivity index (χ0v) is 10.7. The van der Waals surface area contributed by atoms with Crippen molar-refractivity contribution in [1.29, 1.82) is 0 Å². The Morgan fingerprint density at radius 1 is 1.44 bits per heavy atom. The summed E-state index contributed by atoms with van der Waals surface area (Å²) in [5.41, 5.74) is 8.14. The zero-order chi connectivity index (χ0) is 12.3. The summed E-state index contributed by atoms with van der Waals surface area (Å²) in [7, 11) is 0. The first-order valence-electron chi connectivity index (χ1n) is 5.26. The predicted molar refractivity (Wildman–Crippen MR) is 70.0 cm³/mol. The smallest absolute Gasteiger partial charge is 0.0656 e. The van der Waals surface area contributed by atoms with Crippen molar-refractivity contribution in [2.75, 3.05) is 24.2 Å². The number of benzene rings is 1. The van der Waals surface area contributed by atoms with Gasteiger partial charge in [0.2, 0.25) is 0 Å². The van der Waals surface area contributed by atoms with Crippen LogP contribution in [0.3, 0.4) is 0 Å². The molecule has 3 nitrogen and oxygen atoms in total. The van der Waals surface area contributed by atoms with Gasteiger partial charge in [0, 0.05) is 24.3 Å². The van der Waals surface area contributed by atoms with Crippen molar-refractivity contribution in [1.82, 2.24) is 0 Å². The van der Waals surface area contributed by atoms with Crippen LogP contribution >= 0.6 is 11.6 Å². The van der Waals surface area contributed by atoms with Crippen molar-refractivity contribution in [2.24, 2.45) is 5.41 Å². The number of nitrogens with one attached hydrogen (secondary N) is 1. The number of hydrogen-bond donors (Lipinski definition) is 3. The molecule has 0 spiro atoms. The van der Waals surface area contributed by atoms with Crippen LogP contribution in [-0.4, -0.2) is 18.3 Å². The average molecular weight is 243 g/mol. The normalized spacial score (nSPS) is 11.6. The first-order chi connectivity index (χ1) is 7.35. The topological polar surface area (TPSA) is 58.3 Å². The van der Waals surface area contributed by atoms with Gasteiger partial charge in [-0.05, 0) is 24.6 Å². The maximum absolute atomic E-state index is 9.15. The number of rotatable bonds is 4. The Morgan fingerprint density at radius 2 is 2.06 bits per heavy atom. The number of aryl methyl sites for hydroxylation is 1. The summed E-state index contributed by atoms with van der Waals surface area (Å²) in [5.74, 6) is 0. The number of nitrogens with two attached hydrogens (primary N) is 1. The summed E-state index contributed by atoms with van der Waals surface area (Å²) in [6.07, 6.45) is 0. The highest BCUT2D eigenvalue weighted by molar-refractivity contribution is 6.33. The number of nitrogen functional groups attached to an aromatic ring is 1. The fraction of sp³-hybridized carbons (Fsp3) is 0.500. The van der Waals surface area contributed by atoms with Crippen LogP contribution in [0.25, 0.3) is 0 Å². The van der Waals surface area contributed by atoms with E-state index in [4.69, 9.17) is 22.4 Å². The van der Waals surface area contributed by atoms with Gasteiger partial charge >= 0.3 is 0 Å². The van der Waals surface area contributed by atoms with E-state index >= 15 is 0 Å². The molecule has 0 heterocycles. The minimum Gasteiger partial charge on any atom is -0.398 e. The van der Waals surface area contributed by atoms with Gasteiger partial charge in [-0.2, -0.15) is 0 Å². The zero-order valence-electron chi connectivity index (χ0n) is 9.97. The van der Waals surface area contributed by atoms with Gasteiger partial charge < -0.3 is 16.2 Å². The van der Waals surface area contributed by atoms with Gasteiger partial charge in [-0.3, -0.25) is 0 Å². The van der Waals surface area contributed by atoms with Crippen LogP contribution in [0, 0.1) is 12.3 Å². The Labute approximate surface area is 102 Å². The van der Waals surface area contributed by atoms with Crippen LogP contribution in [-0.2, 0) is 0 Å². The molecule has 0 aliphatic carbocycles. The summed E-state index contributed by atoms with van der Waals surface area (Å²) in [6, 6.07) is 3.66. The molecule has 0 aliphatic heterocycles. The first-order valence-corrected chi connectivity index (χ1v) is 5.64. The fourth-order valence-corrected chi connectivity index (χ4v) is 1.45. The summed E-state index contributed by atoms with van der Waals surface area (Å²) < 4.78 is 0. The highest BCUT2D eigenvalue weighted by atomic mass is 35.5. The van der Waals surface area contributed by atoms with E-state index in [0.717, 1.165) is 11.3 Å². The third kappa shape index (κ3) is 3.29. The summed E-state index contributed by atoms with van der Waals surface area (Å²) in [4.78, 5) is 0. The van der Waals surface area contributed by atoms with E-state index in [1.54, 1.807) is 0 Å². The third-order valence-electron chi connectivity index (χ3n) is 2.53. The number of anilines is 2. The number of aliphatic hydroxyl groups excluding tert-OH is 1. The van der Waals surface area contributed by atoms with Crippen molar-refractivity contribution in [2.45, 2.75) is 20.8 Å². The van der Waals surface area contributed by atoms with Crippen LogP contribution in [0.1, 0.15) is 19.4 Å². The molecule has 0 fully saturated rings. The van der Waals surface area contributed by atoms with Crippen LogP contribution in [0.5, 0.6) is 0 Å². The molecule has 0 unspecified atom stereocenters. The van der Waals surface area contributed by atoms with Crippen molar-refractivity contribution in [3.05, 3.63) is 22.7 Å². The molecule has 0 amide bonds. The molecule has 0 atom stereocenters. The largest absolute Gasteiger partial charge is 0.398 e. The lowest BCUT2D eigenvalue weighted by Crippen LogP contribution is -2.27. The Kier molecular flexibility index (Phi) is 4.05. The standard InChI is InChI=1S/C12H19ClN2O/c1-8-4-10(14)9(13)5-11(8)15-6-12(2,3)7-16/h4-5,15-16H,6-7,14H2,1-3H3. The Hall–Kier alpha value is -0.930. The average Bonchev–Trinajstić information content (AvgIpc) is 2.22. The molecule has 1 aromatic carbocycles. The Balaban J connectivity index is 2.79. The van der Waals surface area contributed by atoms with E-state index in [2.05, 4.69) is 5.32 Å². The van der Waals surface area contributed by atoms with Crippen molar-refractivity contribution in [3.8, 4) is 0 Å². The van der Waals surface area contributed by atoms with Crippen LogP contribution in [0.2, 0.25) is 5.02 Å². The van der Waals surface area contributed by atoms with Crippen LogP contribution in [0.15, 0.2) is 12.1 Å². The maximum Gasteiger partial charge on any atom is 0.0656 e. The van der Waals surface area contributed by atoms with Gasteiger partial charge in [-0.15, -0.1) is 0 Å². The van der Waals surface area contributed by atoms with Crippen molar-refractivity contribution in [3.63, 3.8) is 0 Å². The highest BCUT2D eigenvalue weighted by Crippen LogP contribution is 2.27. The predicted octanol–water partition coefficient (Wildman–Crippen LogP) is 2.66. The van der Waals surface area contributed by atoms with E-state index in [1.807, 2.05) is 32.9 Å². The molecule has 90 valence electrons. The Bertz CT molecular complexity index is 378. The number of hydrogen-bond acceptors (Lipinski definition) is 3. The lowest BCUT2D eigenvalue weighted by Gasteiger charge is -2.23. The minimum atomic E-state index is -0.152. The fourth-order valence-electron chi connectivity index (χ4n) is 1.28. The maximum atomic E-state index is 9.15. The van der Waals surface area contributed by atoms with Gasteiger partial charge in [-0.25, -0.2) is 0 Å². The molecule has 0 radical (unpaired) electrons. The SMILES string of the molecule is Cc1cc(N)c(Cl)cc1NCC(C)(C)CO. The summed E-state index contributed by atoms with van der Waals surface area (Å²) in [5, 5.41) is 13.0. The lowest BCUT2D eigenvalue weighted by atomic mass is 9.95. The molecule has 0 saturated carbocycles. The molecule has 4 heteroatoms. The molecule has 0 saturated heterocycles. The third-order valence-corrected chi connectivity index (χ3v) is 2.86. The van der Waals surface area contributed by atoms with E-state index < -0.39 is 0 Å². The second-order valence-electron chi connectivity index (χ2n) is 4.86. The van der Waals surface area contributed by atoms with Crippen molar-refractivity contribution >= 4 is 23.0 Å². The summed E-state index contributed by atoms with van der Waals surface area (Å²) in [6.45, 7) is 6.79. The molecular formula is C12H19ClN2O. The molecule has 0 aromatic heterocycles. The van der Waals surface area contributed by atoms with Crippen LogP contribution < -0.4 is 11.1 Å². The van der Waals surface area contributed by atoms with Crippen molar-refractivity contribution < 1.29 is 5.11 Å². The molecule has 0 aliphatic rings. The van der Waals surface area contributed by atoms with E-state index in [9.17, 15) is 0 Å². The monoisotopic (exact) mass is 242 g/mol. The Morgan fingerprint density at radius 3 is 2.62 bits per heavy atom. The number of aliphatic hydroxyl groups is 1. The quantitative estimate of drug-likeness (QED) is 0.712. The molecule has 4 N–H and O–H groups in total. The van der Waals surface area contributed by atoms with Gasteiger partial charge in [0.1, 0.15) is 0 Å². The molecule has 0 bridgehead atoms. The molecule has 16 heavy (non-hydrogen) atoms. The second kappa shape index (κ2) is 4.93. The van der Waals surface area contributed by atoms with E-state index in [0.29, 0.717) is 17.3 Å². The van der Waals surface area contributed by atoms with Gasteiger partial charge in [-0.1, -0.05) is 25.4 Å². The second-order valence-corrected chi connectivity index (χ2v) is 5.27. The molecule has 1 aromatic rings. The van der Waals surface area contributed by atoms with Gasteiger partial charge in [0.25, 0.3) is 0 Å². The molecule has 1 rings (SSSR count). The van der Waals surface area contributed by atoms with Gasteiger partial charge in [0.05, 0.1) is 10.7 Å². The van der Waals surface area contributed by atoms with Crippen LogP contribution in [0.4, 0.5) is 11.4 Å². The lowest BCUT2D eigenvalue weighted by molar-refractivity contribution is 0.171. The first kappa shape index (κ1) is 13.1. The van der Waals surface area contributed by atoms with Gasteiger partial charge in [0.15, 0.2) is 0 Å². The van der Waals surface area contributed by atoms with E-state index in [-0.39, 0.29) is 12.0 Å². The minimum absolute atomic E-state index is 0.141. The summed E-state index contributed by atoms with van der Waals surface area (Å²) >= 11 is 5.96. The highest BCUT2D eigenvalue weighted by Gasteiger charge is 2.16. The van der Waals surface area contributed by atoms with E-state index in [1.165, 1.54) is 0 Å². The molecular weight excluding hydrogens is 224 g/mol. The number of halogens is 1.